The predicted molar refractivity (Wildman–Crippen MR) is 92.2 cm³/mol. The third-order valence-electron chi connectivity index (χ3n) is 4.06. The van der Waals surface area contributed by atoms with Gasteiger partial charge in [-0.05, 0) is 43.2 Å². The summed E-state index contributed by atoms with van der Waals surface area (Å²) >= 11 is 0. The summed E-state index contributed by atoms with van der Waals surface area (Å²) in [4.78, 5) is 16.5. The first-order valence-electron chi connectivity index (χ1n) is 8.06. The van der Waals surface area contributed by atoms with E-state index in [2.05, 4.69) is 14.9 Å². The molecule has 4 nitrogen and oxygen atoms in total. The van der Waals surface area contributed by atoms with E-state index in [4.69, 9.17) is 0 Å². The molecular formula is C19H20FN3O. The lowest BCUT2D eigenvalue weighted by Gasteiger charge is -2.09. The first-order chi connectivity index (χ1) is 11.6. The Bertz CT molecular complexity index is 839. The molecule has 0 bridgehead atoms. The predicted octanol–water partition coefficient (Wildman–Crippen LogP) is 3.23. The molecule has 0 aliphatic heterocycles. The highest BCUT2D eigenvalue weighted by molar-refractivity contribution is 5.77. The molecule has 1 heterocycles. The maximum atomic E-state index is 12.8. The van der Waals surface area contributed by atoms with Crippen LogP contribution in [0.2, 0.25) is 0 Å². The number of nitrogens with zero attached hydrogens (tertiary/aromatic N) is 2. The van der Waals surface area contributed by atoms with Crippen molar-refractivity contribution in [3.63, 3.8) is 0 Å². The Kier molecular flexibility index (Phi) is 4.89. The summed E-state index contributed by atoms with van der Waals surface area (Å²) in [5.41, 5.74) is 3.01. The monoisotopic (exact) mass is 325 g/mol. The van der Waals surface area contributed by atoms with E-state index in [1.165, 1.54) is 12.1 Å². The van der Waals surface area contributed by atoms with Gasteiger partial charge < -0.3 is 9.88 Å². The summed E-state index contributed by atoms with van der Waals surface area (Å²) in [5.74, 6) is 0.685. The minimum Gasteiger partial charge on any atom is -0.354 e. The van der Waals surface area contributed by atoms with Gasteiger partial charge in [0.25, 0.3) is 0 Å². The summed E-state index contributed by atoms with van der Waals surface area (Å²) in [6.45, 7) is 3.22. The molecule has 5 heteroatoms. The zero-order valence-electron chi connectivity index (χ0n) is 13.6. The van der Waals surface area contributed by atoms with Gasteiger partial charge in [-0.2, -0.15) is 0 Å². The highest BCUT2D eigenvalue weighted by Gasteiger charge is 2.07. The average molecular weight is 325 g/mol. The van der Waals surface area contributed by atoms with E-state index in [9.17, 15) is 9.18 Å². The first-order valence-corrected chi connectivity index (χ1v) is 8.06. The van der Waals surface area contributed by atoms with Gasteiger partial charge in [-0.1, -0.05) is 24.3 Å². The van der Waals surface area contributed by atoms with Crippen LogP contribution in [-0.2, 0) is 17.8 Å². The van der Waals surface area contributed by atoms with Crippen LogP contribution in [0.3, 0.4) is 0 Å². The number of carbonyl (C=O) groups excluding carboxylic acids is 1. The lowest BCUT2D eigenvalue weighted by atomic mass is 10.1. The van der Waals surface area contributed by atoms with Gasteiger partial charge in [-0.25, -0.2) is 9.37 Å². The Hall–Kier alpha value is -2.69. The van der Waals surface area contributed by atoms with E-state index >= 15 is 0 Å². The number of fused-ring (bicyclic) bond motifs is 1. The number of aromatic nitrogens is 2. The summed E-state index contributed by atoms with van der Waals surface area (Å²) in [6.07, 6.45) is 1.01. The van der Waals surface area contributed by atoms with Crippen molar-refractivity contribution in [3.8, 4) is 0 Å². The fraction of sp³-hybridized carbons (Fsp3) is 0.263. The molecule has 0 spiro atoms. The molecule has 0 aliphatic carbocycles. The molecule has 24 heavy (non-hydrogen) atoms. The summed E-state index contributed by atoms with van der Waals surface area (Å²) in [6, 6.07) is 14.2. The van der Waals surface area contributed by atoms with Gasteiger partial charge in [-0.3, -0.25) is 4.79 Å². The molecule has 1 aromatic heterocycles. The molecule has 0 radical (unpaired) electrons. The van der Waals surface area contributed by atoms with Crippen LogP contribution in [0, 0.1) is 12.7 Å². The van der Waals surface area contributed by atoms with Crippen LogP contribution in [0.4, 0.5) is 4.39 Å². The maximum Gasteiger partial charge on any atom is 0.220 e. The molecule has 2 aromatic carbocycles. The Balaban J connectivity index is 1.49. The molecule has 124 valence electrons. The Morgan fingerprint density at radius 1 is 1.17 bits per heavy atom. The van der Waals surface area contributed by atoms with Crippen molar-refractivity contribution in [2.24, 2.45) is 0 Å². The lowest BCUT2D eigenvalue weighted by molar-refractivity contribution is -0.121. The van der Waals surface area contributed by atoms with E-state index in [1.807, 2.05) is 31.2 Å². The van der Waals surface area contributed by atoms with Crippen molar-refractivity contribution < 1.29 is 9.18 Å². The molecule has 0 atom stereocenters. The Morgan fingerprint density at radius 2 is 1.92 bits per heavy atom. The van der Waals surface area contributed by atoms with Crippen LogP contribution in [0.1, 0.15) is 17.8 Å². The van der Waals surface area contributed by atoms with Gasteiger partial charge in [-0.15, -0.1) is 0 Å². The molecule has 0 fully saturated rings. The Morgan fingerprint density at radius 3 is 2.71 bits per heavy atom. The van der Waals surface area contributed by atoms with Crippen LogP contribution in [0.5, 0.6) is 0 Å². The number of hydrogen-bond donors (Lipinski definition) is 1. The van der Waals surface area contributed by atoms with Crippen LogP contribution in [0.15, 0.2) is 48.5 Å². The third-order valence-corrected chi connectivity index (χ3v) is 4.06. The topological polar surface area (TPSA) is 46.9 Å². The van der Waals surface area contributed by atoms with E-state index in [0.717, 1.165) is 22.4 Å². The normalized spacial score (nSPS) is 10.9. The molecule has 0 aliphatic rings. The van der Waals surface area contributed by atoms with E-state index in [0.29, 0.717) is 25.9 Å². The highest BCUT2D eigenvalue weighted by Crippen LogP contribution is 2.14. The van der Waals surface area contributed by atoms with Crippen molar-refractivity contribution >= 4 is 16.9 Å². The van der Waals surface area contributed by atoms with Gasteiger partial charge in [0.05, 0.1) is 11.0 Å². The number of aryl methyl sites for hydroxylation is 2. The number of imidazole rings is 1. The number of benzene rings is 2. The van der Waals surface area contributed by atoms with E-state index in [1.54, 1.807) is 12.1 Å². The summed E-state index contributed by atoms with van der Waals surface area (Å²) < 4.78 is 15.0. The zero-order chi connectivity index (χ0) is 16.9. The van der Waals surface area contributed by atoms with E-state index < -0.39 is 0 Å². The fourth-order valence-corrected chi connectivity index (χ4v) is 2.78. The first kappa shape index (κ1) is 16.2. The smallest absolute Gasteiger partial charge is 0.220 e. The Labute approximate surface area is 140 Å². The number of rotatable bonds is 6. The largest absolute Gasteiger partial charge is 0.354 e. The molecule has 0 saturated carbocycles. The second kappa shape index (κ2) is 7.25. The SMILES string of the molecule is Cc1nc2ccccc2n1CCNC(=O)CCc1ccc(F)cc1. The van der Waals surface area contributed by atoms with Crippen molar-refractivity contribution in [3.05, 3.63) is 65.7 Å². The number of nitrogens with one attached hydrogen (secondary N) is 1. The van der Waals surface area contributed by atoms with Crippen molar-refractivity contribution in [2.75, 3.05) is 6.54 Å². The zero-order valence-corrected chi connectivity index (χ0v) is 13.6. The second-order valence-electron chi connectivity index (χ2n) is 5.78. The standard InChI is InChI=1S/C19H20FN3O/c1-14-22-17-4-2-3-5-18(17)23(14)13-12-21-19(24)11-8-15-6-9-16(20)10-7-15/h2-7,9-10H,8,11-13H2,1H3,(H,21,24). The van der Waals surface area contributed by atoms with Crippen LogP contribution < -0.4 is 5.32 Å². The van der Waals surface area contributed by atoms with Gasteiger partial charge in [0, 0.05) is 19.5 Å². The van der Waals surface area contributed by atoms with Crippen molar-refractivity contribution in [2.45, 2.75) is 26.3 Å². The average Bonchev–Trinajstić information content (AvgIpc) is 2.90. The van der Waals surface area contributed by atoms with Crippen LogP contribution in [-0.4, -0.2) is 22.0 Å². The number of para-hydroxylation sites is 2. The second-order valence-corrected chi connectivity index (χ2v) is 5.78. The molecule has 0 saturated heterocycles. The minimum atomic E-state index is -0.258. The highest BCUT2D eigenvalue weighted by atomic mass is 19.1. The van der Waals surface area contributed by atoms with Crippen molar-refractivity contribution in [1.29, 1.82) is 0 Å². The molecule has 1 N–H and O–H groups in total. The van der Waals surface area contributed by atoms with Crippen LogP contribution in [0.25, 0.3) is 11.0 Å². The molecule has 1 amide bonds. The summed E-state index contributed by atoms with van der Waals surface area (Å²) in [5, 5.41) is 2.93. The minimum absolute atomic E-state index is 0.00130. The lowest BCUT2D eigenvalue weighted by Crippen LogP contribution is -2.27. The van der Waals surface area contributed by atoms with Gasteiger partial charge in [0.2, 0.25) is 5.91 Å². The fourth-order valence-electron chi connectivity index (χ4n) is 2.78. The third kappa shape index (κ3) is 3.79. The molecule has 0 unspecified atom stereocenters. The van der Waals surface area contributed by atoms with E-state index in [-0.39, 0.29) is 11.7 Å². The quantitative estimate of drug-likeness (QED) is 0.756. The van der Waals surface area contributed by atoms with Gasteiger partial charge in [0.15, 0.2) is 0 Å². The molecule has 3 rings (SSSR count). The maximum absolute atomic E-state index is 12.8. The molecular weight excluding hydrogens is 305 g/mol. The number of carbonyl (C=O) groups is 1. The number of halogens is 1. The van der Waals surface area contributed by atoms with Crippen LogP contribution >= 0.6 is 0 Å². The number of amides is 1. The molecule has 3 aromatic rings. The number of hydrogen-bond acceptors (Lipinski definition) is 2. The van der Waals surface area contributed by atoms with Gasteiger partial charge >= 0.3 is 0 Å². The van der Waals surface area contributed by atoms with Crippen molar-refractivity contribution in [1.82, 2.24) is 14.9 Å². The van der Waals surface area contributed by atoms with Gasteiger partial charge in [0.1, 0.15) is 11.6 Å². The summed E-state index contributed by atoms with van der Waals surface area (Å²) in [7, 11) is 0.